The van der Waals surface area contributed by atoms with Gasteiger partial charge in [-0.3, -0.25) is 0 Å². The number of aryl methyl sites for hydroxylation is 2. The van der Waals surface area contributed by atoms with Gasteiger partial charge in [0, 0.05) is 87.7 Å². The molecule has 0 aromatic heterocycles. The van der Waals surface area contributed by atoms with Crippen LogP contribution in [0.25, 0.3) is 0 Å². The molecule has 4 fully saturated rings. The zero-order valence-electron chi connectivity index (χ0n) is 45.9. The predicted molar refractivity (Wildman–Crippen MR) is 299 cm³/mol. The molecule has 4 saturated carbocycles. The van der Waals surface area contributed by atoms with Crippen molar-refractivity contribution in [2.24, 2.45) is 34.5 Å². The Kier molecular flexibility index (Phi) is 17.9. The largest absolute Gasteiger partial charge is 0.508 e. The molecular weight excluding hydrogens is 965 g/mol. The van der Waals surface area contributed by atoms with Crippen molar-refractivity contribution in [1.82, 2.24) is 0 Å². The zero-order valence-corrected chi connectivity index (χ0v) is 45.9. The first kappa shape index (κ1) is 55.3. The van der Waals surface area contributed by atoms with Gasteiger partial charge in [-0.1, -0.05) is 49.7 Å². The van der Waals surface area contributed by atoms with Crippen LogP contribution in [-0.2, 0) is 31.8 Å². The van der Waals surface area contributed by atoms with Crippen LogP contribution in [0.15, 0.2) is 84.9 Å². The van der Waals surface area contributed by atoms with Crippen LogP contribution in [0, 0.1) is 58.2 Å². The molecule has 4 aromatic carbocycles. The minimum atomic E-state index is -0.993. The normalized spacial score (nSPS) is 29.5. The van der Waals surface area contributed by atoms with Crippen molar-refractivity contribution in [1.29, 1.82) is 0 Å². The number of hydrogen-bond acceptors (Lipinski definition) is 10. The van der Waals surface area contributed by atoms with Crippen LogP contribution in [0.1, 0.15) is 155 Å². The van der Waals surface area contributed by atoms with Crippen molar-refractivity contribution in [3.63, 3.8) is 0 Å². The van der Waals surface area contributed by atoms with Gasteiger partial charge >= 0.3 is 0 Å². The standard InChI is InChI=1S/C67H84O10/c1-64-30-26-58-56-22-14-52(68)46-50(56)12-20-60(58)62(64)28-34-66(64,70)32-24-48-8-16-54(17-9-48)76-44-6-42-74-40-4-38-72-36-3-37-73-39-5-41-75-43-7-45-77-55-18-10-49(11-19-55)25-33-67(71)35-29-63-61-21-13-51-47-53(69)15-23-57(51)59(61)27-31-65(63,67)2/h8-11,14-19,22-23,46-47,58-63,68-71H,3-7,12-13,20-21,26-31,34-45H2,1-2H3/t58-,59-,60-,61-,62+,63+,64+,65+,66+,67+/m1/s1. The topological polar surface area (TPSA) is 136 Å². The number of aromatic hydroxyl groups is 2. The molecule has 0 heterocycles. The number of ether oxygens (including phenoxy) is 6. The number of hydrogen-bond donors (Lipinski definition) is 4. The van der Waals surface area contributed by atoms with Crippen molar-refractivity contribution in [2.75, 3.05) is 66.1 Å². The molecule has 0 aliphatic heterocycles. The highest BCUT2D eigenvalue weighted by molar-refractivity contribution is 5.45. The Hall–Kier alpha value is -5.04. The van der Waals surface area contributed by atoms with E-state index in [1.165, 1.54) is 22.3 Å². The summed E-state index contributed by atoms with van der Waals surface area (Å²) in [4.78, 5) is 0. The van der Waals surface area contributed by atoms with Crippen LogP contribution in [0.2, 0.25) is 0 Å². The fourth-order valence-corrected chi connectivity index (χ4v) is 15.1. The maximum atomic E-state index is 12.0. The molecule has 6 aliphatic rings. The highest BCUT2D eigenvalue weighted by Gasteiger charge is 2.62. The first-order valence-electron chi connectivity index (χ1n) is 29.4. The summed E-state index contributed by atoms with van der Waals surface area (Å²) < 4.78 is 35.1. The lowest BCUT2D eigenvalue weighted by atomic mass is 9.53. The number of phenols is 2. The molecule has 10 nitrogen and oxygen atoms in total. The van der Waals surface area contributed by atoms with Crippen molar-refractivity contribution in [2.45, 2.75) is 146 Å². The van der Waals surface area contributed by atoms with Gasteiger partial charge in [-0.15, -0.1) is 0 Å². The molecule has 0 bridgehead atoms. The number of aliphatic hydroxyl groups is 2. The maximum absolute atomic E-state index is 12.0. The quantitative estimate of drug-likeness (QED) is 0.0445. The molecule has 412 valence electrons. The summed E-state index contributed by atoms with van der Waals surface area (Å²) in [6.45, 7) is 11.0. The maximum Gasteiger partial charge on any atom is 0.131 e. The minimum absolute atomic E-state index is 0.219. The summed E-state index contributed by atoms with van der Waals surface area (Å²) in [7, 11) is 0. The molecule has 0 spiro atoms. The third kappa shape index (κ3) is 12.4. The summed E-state index contributed by atoms with van der Waals surface area (Å²) in [5.74, 6) is 18.7. The second-order valence-electron chi connectivity index (χ2n) is 23.8. The molecule has 0 radical (unpaired) electrons. The smallest absolute Gasteiger partial charge is 0.131 e. The first-order valence-corrected chi connectivity index (χ1v) is 29.4. The van der Waals surface area contributed by atoms with E-state index in [1.54, 1.807) is 0 Å². The van der Waals surface area contributed by atoms with Crippen molar-refractivity contribution in [3.8, 4) is 46.7 Å². The monoisotopic (exact) mass is 1050 g/mol. The average molecular weight is 1050 g/mol. The van der Waals surface area contributed by atoms with E-state index in [0.29, 0.717) is 113 Å². The fraction of sp³-hybridized carbons (Fsp3) is 0.582. The van der Waals surface area contributed by atoms with Gasteiger partial charge in [0.25, 0.3) is 0 Å². The molecular formula is C67H84O10. The van der Waals surface area contributed by atoms with Gasteiger partial charge < -0.3 is 48.8 Å². The Morgan fingerprint density at radius 1 is 0.442 bits per heavy atom. The van der Waals surface area contributed by atoms with E-state index < -0.39 is 11.2 Å². The van der Waals surface area contributed by atoms with E-state index in [0.717, 1.165) is 132 Å². The molecule has 6 aliphatic carbocycles. The summed E-state index contributed by atoms with van der Waals surface area (Å²) in [5, 5.41) is 44.1. The fourth-order valence-electron chi connectivity index (χ4n) is 15.1. The van der Waals surface area contributed by atoms with E-state index in [1.807, 2.05) is 72.8 Å². The average Bonchev–Trinajstić information content (AvgIpc) is 4.08. The minimum Gasteiger partial charge on any atom is -0.508 e. The summed E-state index contributed by atoms with van der Waals surface area (Å²) in [5.41, 5.74) is 4.76. The second kappa shape index (κ2) is 25.0. The SMILES string of the molecule is C[C@]12CC[C@@H]3c4ccc(O)cc4CC[C@H]3[C@@H]1CC[C@@]2(O)C#Cc1ccc(OCCCOCCCOCCCOCCCOCCCOc2ccc(C#C[C@]3(O)CC[C@H]4[C@@H]5CCc6cc(O)ccc6[C@H]5CC[C@@]43C)cc2)cc1. The van der Waals surface area contributed by atoms with Crippen molar-refractivity contribution >= 4 is 0 Å². The van der Waals surface area contributed by atoms with Gasteiger partial charge in [-0.2, -0.15) is 0 Å². The molecule has 0 unspecified atom stereocenters. The molecule has 0 saturated heterocycles. The highest BCUT2D eigenvalue weighted by Crippen LogP contribution is 2.66. The van der Waals surface area contributed by atoms with Crippen molar-refractivity contribution < 1.29 is 48.8 Å². The molecule has 77 heavy (non-hydrogen) atoms. The van der Waals surface area contributed by atoms with E-state index >= 15 is 0 Å². The van der Waals surface area contributed by atoms with Gasteiger partial charge in [-0.25, -0.2) is 0 Å². The Morgan fingerprint density at radius 2 is 0.805 bits per heavy atom. The van der Waals surface area contributed by atoms with Crippen molar-refractivity contribution in [3.05, 3.63) is 118 Å². The molecule has 10 atom stereocenters. The Labute approximate surface area is 458 Å². The van der Waals surface area contributed by atoms with Gasteiger partial charge in [0.2, 0.25) is 0 Å². The highest BCUT2D eigenvalue weighted by atomic mass is 16.5. The third-order valence-electron chi connectivity index (χ3n) is 19.4. The number of benzene rings is 4. The molecule has 4 aromatic rings. The molecule has 10 heteroatoms. The molecule has 0 amide bonds. The lowest BCUT2D eigenvalue weighted by Gasteiger charge is -2.52. The van der Waals surface area contributed by atoms with Crippen LogP contribution in [-0.4, -0.2) is 97.7 Å². The van der Waals surface area contributed by atoms with E-state index in [-0.39, 0.29) is 10.8 Å². The number of fused-ring (bicyclic) bond motifs is 10. The zero-order chi connectivity index (χ0) is 53.3. The summed E-state index contributed by atoms with van der Waals surface area (Å²) in [6.07, 6.45) is 15.9. The predicted octanol–water partition coefficient (Wildman–Crippen LogP) is 11.9. The second-order valence-corrected chi connectivity index (χ2v) is 23.8. The molecule has 4 N–H and O–H groups in total. The van der Waals surface area contributed by atoms with Crippen LogP contribution < -0.4 is 9.47 Å². The lowest BCUT2D eigenvalue weighted by Crippen LogP contribution is -2.50. The van der Waals surface area contributed by atoms with Crippen LogP contribution in [0.4, 0.5) is 0 Å². The van der Waals surface area contributed by atoms with E-state index in [4.69, 9.17) is 28.4 Å². The van der Waals surface area contributed by atoms with E-state index in [2.05, 4.69) is 49.7 Å². The number of phenolic OH excluding ortho intramolecular Hbond substituents is 2. The molecule has 10 rings (SSSR count). The van der Waals surface area contributed by atoms with E-state index in [9.17, 15) is 20.4 Å². The van der Waals surface area contributed by atoms with Crippen LogP contribution >= 0.6 is 0 Å². The van der Waals surface area contributed by atoms with Gasteiger partial charge in [-0.05, 0) is 227 Å². The Balaban J connectivity index is 0.506. The van der Waals surface area contributed by atoms with Gasteiger partial charge in [0.15, 0.2) is 0 Å². The lowest BCUT2D eigenvalue weighted by molar-refractivity contribution is -0.0648. The van der Waals surface area contributed by atoms with Crippen LogP contribution in [0.3, 0.4) is 0 Å². The first-order chi connectivity index (χ1) is 37.5. The third-order valence-corrected chi connectivity index (χ3v) is 19.4. The van der Waals surface area contributed by atoms with Gasteiger partial charge in [0.1, 0.15) is 34.2 Å². The summed E-state index contributed by atoms with van der Waals surface area (Å²) in [6, 6.07) is 27.6. The Bertz CT molecular complexity index is 2530. The summed E-state index contributed by atoms with van der Waals surface area (Å²) >= 11 is 0. The Morgan fingerprint density at radius 3 is 1.18 bits per heavy atom. The van der Waals surface area contributed by atoms with Crippen LogP contribution in [0.5, 0.6) is 23.0 Å². The van der Waals surface area contributed by atoms with Gasteiger partial charge in [0.05, 0.1) is 13.2 Å². The number of rotatable bonds is 22.